The normalized spacial score (nSPS) is 27.9. The van der Waals surface area contributed by atoms with Crippen LogP contribution in [0.5, 0.6) is 5.75 Å². The van der Waals surface area contributed by atoms with Crippen molar-refractivity contribution in [3.63, 3.8) is 0 Å². The lowest BCUT2D eigenvalue weighted by Gasteiger charge is -2.37. The molecule has 0 spiro atoms. The van der Waals surface area contributed by atoms with E-state index in [2.05, 4.69) is 11.8 Å². The molecule has 0 saturated carbocycles. The van der Waals surface area contributed by atoms with Crippen LogP contribution in [0.4, 0.5) is 0 Å². The zero-order valence-corrected chi connectivity index (χ0v) is 12.8. The Bertz CT molecular complexity index is 472. The van der Waals surface area contributed by atoms with Gasteiger partial charge >= 0.3 is 0 Å². The highest BCUT2D eigenvalue weighted by atomic mass is 35.5. The van der Waals surface area contributed by atoms with Crippen LogP contribution in [0.1, 0.15) is 31.4 Å². The lowest BCUT2D eigenvalue weighted by atomic mass is 9.90. The number of piperidine rings is 1. The lowest BCUT2D eigenvalue weighted by Crippen LogP contribution is -2.43. The van der Waals surface area contributed by atoms with Crippen molar-refractivity contribution in [2.45, 2.75) is 25.8 Å². The summed E-state index contributed by atoms with van der Waals surface area (Å²) >= 11 is 6.17. The second kappa shape index (κ2) is 5.92. The molecule has 3 nitrogen and oxygen atoms in total. The van der Waals surface area contributed by atoms with Gasteiger partial charge in [0, 0.05) is 24.1 Å². The minimum Gasteiger partial charge on any atom is -0.491 e. The second-order valence-corrected chi connectivity index (χ2v) is 6.65. The number of fused-ring (bicyclic) bond motifs is 1. The van der Waals surface area contributed by atoms with Crippen molar-refractivity contribution in [1.29, 1.82) is 0 Å². The van der Waals surface area contributed by atoms with E-state index in [1.54, 1.807) is 0 Å². The van der Waals surface area contributed by atoms with Crippen LogP contribution in [0.15, 0.2) is 18.2 Å². The number of hydrogen-bond donors (Lipinski definition) is 1. The minimum absolute atomic E-state index is 0.0248. The first-order chi connectivity index (χ1) is 9.65. The number of rotatable bonds is 2. The third-order valence-electron chi connectivity index (χ3n) is 4.68. The highest BCUT2D eigenvalue weighted by molar-refractivity contribution is 6.32. The average molecular weight is 295 g/mol. The first-order valence-corrected chi connectivity index (χ1v) is 7.92. The summed E-state index contributed by atoms with van der Waals surface area (Å²) in [5.74, 6) is 2.00. The molecule has 2 atom stereocenters. The predicted molar refractivity (Wildman–Crippen MR) is 82.2 cm³/mol. The molecular weight excluding hydrogens is 272 g/mol. The van der Waals surface area contributed by atoms with E-state index < -0.39 is 0 Å². The largest absolute Gasteiger partial charge is 0.491 e. The Morgan fingerprint density at radius 1 is 1.35 bits per heavy atom. The molecule has 0 amide bonds. The van der Waals surface area contributed by atoms with Crippen LogP contribution in [0, 0.1) is 11.8 Å². The Balaban J connectivity index is 1.68. The van der Waals surface area contributed by atoms with E-state index in [4.69, 9.17) is 22.1 Å². The average Bonchev–Trinajstić information content (AvgIpc) is 2.45. The summed E-state index contributed by atoms with van der Waals surface area (Å²) in [6.45, 7) is 6.41. The van der Waals surface area contributed by atoms with Crippen LogP contribution in [-0.2, 0) is 0 Å². The van der Waals surface area contributed by atoms with Gasteiger partial charge in [-0.25, -0.2) is 0 Å². The number of halogens is 1. The zero-order chi connectivity index (χ0) is 14.1. The Morgan fingerprint density at radius 2 is 2.10 bits per heavy atom. The molecule has 0 aromatic heterocycles. The van der Waals surface area contributed by atoms with Crippen molar-refractivity contribution < 1.29 is 4.74 Å². The van der Waals surface area contributed by atoms with Gasteiger partial charge in [0.25, 0.3) is 0 Å². The SMILES string of the molecule is CC1CCN(CC2COc3c(Cl)cccc3C2N)CC1. The number of nitrogens with zero attached hydrogens (tertiary/aromatic N) is 1. The first-order valence-electron chi connectivity index (χ1n) is 7.54. The smallest absolute Gasteiger partial charge is 0.142 e. The standard InChI is InChI=1S/C16H23ClN2O/c1-11-5-7-19(8-6-11)9-12-10-20-16-13(15(12)18)3-2-4-14(16)17/h2-4,11-12,15H,5-10,18H2,1H3. The zero-order valence-electron chi connectivity index (χ0n) is 12.0. The quantitative estimate of drug-likeness (QED) is 0.911. The van der Waals surface area contributed by atoms with Gasteiger partial charge < -0.3 is 15.4 Å². The van der Waals surface area contributed by atoms with Gasteiger partial charge in [0.1, 0.15) is 5.75 Å². The van der Waals surface area contributed by atoms with Crippen LogP contribution in [-0.4, -0.2) is 31.1 Å². The van der Waals surface area contributed by atoms with Gasteiger partial charge in [0.2, 0.25) is 0 Å². The van der Waals surface area contributed by atoms with E-state index >= 15 is 0 Å². The Labute approximate surface area is 126 Å². The van der Waals surface area contributed by atoms with Crippen molar-refractivity contribution in [3.8, 4) is 5.75 Å². The summed E-state index contributed by atoms with van der Waals surface area (Å²) in [5.41, 5.74) is 7.49. The maximum absolute atomic E-state index is 6.44. The van der Waals surface area contributed by atoms with Crippen LogP contribution in [0.25, 0.3) is 0 Å². The predicted octanol–water partition coefficient (Wildman–Crippen LogP) is 3.08. The van der Waals surface area contributed by atoms with Crippen LogP contribution < -0.4 is 10.5 Å². The molecule has 1 fully saturated rings. The third kappa shape index (κ3) is 2.80. The van der Waals surface area contributed by atoms with Crippen molar-refractivity contribution in [3.05, 3.63) is 28.8 Å². The number of benzene rings is 1. The fourth-order valence-electron chi connectivity index (χ4n) is 3.23. The topological polar surface area (TPSA) is 38.5 Å². The maximum atomic E-state index is 6.44. The highest BCUT2D eigenvalue weighted by Crippen LogP contribution is 2.39. The minimum atomic E-state index is 0.0248. The third-order valence-corrected chi connectivity index (χ3v) is 4.97. The van der Waals surface area contributed by atoms with E-state index in [0.29, 0.717) is 17.5 Å². The van der Waals surface area contributed by atoms with Crippen molar-refractivity contribution in [2.75, 3.05) is 26.2 Å². The molecule has 0 aliphatic carbocycles. The van der Waals surface area contributed by atoms with Crippen LogP contribution in [0.3, 0.4) is 0 Å². The van der Waals surface area contributed by atoms with Crippen LogP contribution >= 0.6 is 11.6 Å². The van der Waals surface area contributed by atoms with Gasteiger partial charge in [0.15, 0.2) is 0 Å². The summed E-state index contributed by atoms with van der Waals surface area (Å²) in [7, 11) is 0. The van der Waals surface area contributed by atoms with E-state index in [0.717, 1.165) is 23.8 Å². The Morgan fingerprint density at radius 3 is 2.85 bits per heavy atom. The van der Waals surface area contributed by atoms with Crippen molar-refractivity contribution >= 4 is 11.6 Å². The summed E-state index contributed by atoms with van der Waals surface area (Å²) in [6.07, 6.45) is 2.59. The molecule has 3 rings (SSSR count). The molecule has 0 bridgehead atoms. The number of para-hydroxylation sites is 1. The van der Waals surface area contributed by atoms with Gasteiger partial charge in [0.05, 0.1) is 11.6 Å². The molecule has 110 valence electrons. The molecule has 1 aromatic rings. The molecule has 2 heterocycles. The number of nitrogens with two attached hydrogens (primary N) is 1. The molecule has 4 heteroatoms. The summed E-state index contributed by atoms with van der Waals surface area (Å²) in [4.78, 5) is 2.53. The van der Waals surface area contributed by atoms with Gasteiger partial charge in [-0.1, -0.05) is 30.7 Å². The summed E-state index contributed by atoms with van der Waals surface area (Å²) in [5, 5.41) is 0.670. The van der Waals surface area contributed by atoms with Crippen molar-refractivity contribution in [1.82, 2.24) is 4.90 Å². The molecule has 1 saturated heterocycles. The van der Waals surface area contributed by atoms with Crippen molar-refractivity contribution in [2.24, 2.45) is 17.6 Å². The highest BCUT2D eigenvalue weighted by Gasteiger charge is 2.31. The van der Waals surface area contributed by atoms with E-state index in [1.165, 1.54) is 25.9 Å². The number of ether oxygens (including phenoxy) is 1. The van der Waals surface area contributed by atoms with Gasteiger partial charge in [-0.2, -0.15) is 0 Å². The molecule has 2 aliphatic rings. The lowest BCUT2D eigenvalue weighted by molar-refractivity contribution is 0.114. The van der Waals surface area contributed by atoms with E-state index in [-0.39, 0.29) is 6.04 Å². The second-order valence-electron chi connectivity index (χ2n) is 6.24. The molecule has 2 unspecified atom stereocenters. The maximum Gasteiger partial charge on any atom is 0.142 e. The Hall–Kier alpha value is -0.770. The number of hydrogen-bond acceptors (Lipinski definition) is 3. The number of likely N-dealkylation sites (tertiary alicyclic amines) is 1. The van der Waals surface area contributed by atoms with E-state index in [1.807, 2.05) is 18.2 Å². The molecule has 2 N–H and O–H groups in total. The van der Waals surface area contributed by atoms with Crippen LogP contribution in [0.2, 0.25) is 5.02 Å². The molecule has 2 aliphatic heterocycles. The monoisotopic (exact) mass is 294 g/mol. The molecule has 1 aromatic carbocycles. The summed E-state index contributed by atoms with van der Waals surface area (Å²) < 4.78 is 5.86. The Kier molecular flexibility index (Phi) is 4.20. The van der Waals surface area contributed by atoms with Gasteiger partial charge in [-0.05, 0) is 37.9 Å². The summed E-state index contributed by atoms with van der Waals surface area (Å²) in [6, 6.07) is 5.88. The van der Waals surface area contributed by atoms with Gasteiger partial charge in [-0.15, -0.1) is 0 Å². The fraction of sp³-hybridized carbons (Fsp3) is 0.625. The van der Waals surface area contributed by atoms with E-state index in [9.17, 15) is 0 Å². The first kappa shape index (κ1) is 14.2. The molecule has 20 heavy (non-hydrogen) atoms. The fourth-order valence-corrected chi connectivity index (χ4v) is 3.47. The molecule has 0 radical (unpaired) electrons. The molecular formula is C16H23ClN2O. The van der Waals surface area contributed by atoms with Gasteiger partial charge in [-0.3, -0.25) is 0 Å².